The molecule has 0 aliphatic rings. The minimum Gasteiger partial charge on any atom is -0.494 e. The first kappa shape index (κ1) is 10.5. The van der Waals surface area contributed by atoms with E-state index in [1.54, 1.807) is 20.2 Å². The van der Waals surface area contributed by atoms with Gasteiger partial charge in [-0.1, -0.05) is 5.92 Å². The molecular formula is C12H12N2O2. The van der Waals surface area contributed by atoms with E-state index in [1.165, 1.54) is 0 Å². The first-order valence-corrected chi connectivity index (χ1v) is 4.92. The van der Waals surface area contributed by atoms with E-state index >= 15 is 0 Å². The third-order valence-corrected chi connectivity index (χ3v) is 2.18. The average Bonchev–Trinajstić information content (AvgIpc) is 2.74. The lowest BCUT2D eigenvalue weighted by atomic mass is 10.2. The highest BCUT2D eigenvalue weighted by atomic mass is 16.5. The standard InChI is InChI=1S/C12H12N2O2/c1-8(15)3-4-10-12-9(5-6-13-12)11(16-2)7-14-10/h5-8,13,15H,1-2H3/t8-/m0/s1. The van der Waals surface area contributed by atoms with Gasteiger partial charge in [0.15, 0.2) is 0 Å². The summed E-state index contributed by atoms with van der Waals surface area (Å²) >= 11 is 0. The SMILES string of the molecule is COc1cnc(C#C[C@H](C)O)c2[nH]ccc12. The van der Waals surface area contributed by atoms with Crippen molar-refractivity contribution in [1.82, 2.24) is 9.97 Å². The number of ether oxygens (including phenoxy) is 1. The maximum atomic E-state index is 9.10. The Balaban J connectivity index is 2.57. The van der Waals surface area contributed by atoms with Crippen LogP contribution < -0.4 is 4.74 Å². The van der Waals surface area contributed by atoms with Gasteiger partial charge < -0.3 is 14.8 Å². The summed E-state index contributed by atoms with van der Waals surface area (Å²) in [7, 11) is 1.60. The number of hydrogen-bond acceptors (Lipinski definition) is 3. The molecule has 0 aromatic carbocycles. The van der Waals surface area contributed by atoms with Gasteiger partial charge in [-0.3, -0.25) is 0 Å². The van der Waals surface area contributed by atoms with Crippen molar-refractivity contribution in [3.8, 4) is 17.6 Å². The minimum atomic E-state index is -0.658. The molecule has 0 saturated heterocycles. The molecule has 2 rings (SSSR count). The molecule has 0 bridgehead atoms. The smallest absolute Gasteiger partial charge is 0.146 e. The number of methoxy groups -OCH3 is 1. The van der Waals surface area contributed by atoms with Crippen LogP contribution in [0.2, 0.25) is 0 Å². The molecule has 16 heavy (non-hydrogen) atoms. The van der Waals surface area contributed by atoms with Gasteiger partial charge in [0.2, 0.25) is 0 Å². The maximum absolute atomic E-state index is 9.10. The van der Waals surface area contributed by atoms with Crippen LogP contribution in [0, 0.1) is 11.8 Å². The molecule has 0 aliphatic heterocycles. The third kappa shape index (κ3) is 1.86. The lowest BCUT2D eigenvalue weighted by Crippen LogP contribution is -1.94. The van der Waals surface area contributed by atoms with Gasteiger partial charge in [-0.05, 0) is 18.9 Å². The van der Waals surface area contributed by atoms with Gasteiger partial charge in [0, 0.05) is 11.6 Å². The van der Waals surface area contributed by atoms with Crippen molar-refractivity contribution in [3.63, 3.8) is 0 Å². The average molecular weight is 216 g/mol. The van der Waals surface area contributed by atoms with E-state index in [-0.39, 0.29) is 0 Å². The number of rotatable bonds is 1. The van der Waals surface area contributed by atoms with Crippen molar-refractivity contribution in [2.24, 2.45) is 0 Å². The van der Waals surface area contributed by atoms with Gasteiger partial charge in [-0.15, -0.1) is 0 Å². The molecular weight excluding hydrogens is 204 g/mol. The number of aliphatic hydroxyl groups excluding tert-OH is 1. The predicted molar refractivity (Wildman–Crippen MR) is 61.2 cm³/mol. The Kier molecular flexibility index (Phi) is 2.80. The highest BCUT2D eigenvalue weighted by Crippen LogP contribution is 2.24. The first-order chi connectivity index (χ1) is 7.72. The van der Waals surface area contributed by atoms with Crippen LogP contribution in [0.15, 0.2) is 18.5 Å². The Hall–Kier alpha value is -1.99. The van der Waals surface area contributed by atoms with Crippen LogP contribution in [0.25, 0.3) is 10.9 Å². The summed E-state index contributed by atoms with van der Waals surface area (Å²) in [5, 5.41) is 10.0. The molecule has 4 nitrogen and oxygen atoms in total. The molecule has 0 saturated carbocycles. The van der Waals surface area contributed by atoms with Crippen LogP contribution in [0.1, 0.15) is 12.6 Å². The fourth-order valence-electron chi connectivity index (χ4n) is 1.46. The van der Waals surface area contributed by atoms with E-state index in [9.17, 15) is 0 Å². The lowest BCUT2D eigenvalue weighted by molar-refractivity contribution is 0.253. The quantitative estimate of drug-likeness (QED) is 0.706. The second kappa shape index (κ2) is 4.25. The van der Waals surface area contributed by atoms with E-state index in [2.05, 4.69) is 21.8 Å². The molecule has 0 radical (unpaired) electrons. The molecule has 4 heteroatoms. The van der Waals surface area contributed by atoms with Crippen LogP contribution in [0.4, 0.5) is 0 Å². The summed E-state index contributed by atoms with van der Waals surface area (Å²) in [5.74, 6) is 6.20. The molecule has 0 fully saturated rings. The Labute approximate surface area is 93.3 Å². The number of fused-ring (bicyclic) bond motifs is 1. The van der Waals surface area contributed by atoms with Crippen molar-refractivity contribution in [2.45, 2.75) is 13.0 Å². The van der Waals surface area contributed by atoms with Crippen LogP contribution in [-0.4, -0.2) is 28.3 Å². The van der Waals surface area contributed by atoms with Crippen molar-refractivity contribution >= 4 is 10.9 Å². The van der Waals surface area contributed by atoms with Gasteiger partial charge in [0.25, 0.3) is 0 Å². The number of aromatic nitrogens is 2. The number of pyridine rings is 1. The Bertz CT molecular complexity index is 561. The molecule has 82 valence electrons. The monoisotopic (exact) mass is 216 g/mol. The second-order valence-corrected chi connectivity index (χ2v) is 3.39. The number of aliphatic hydroxyl groups is 1. The highest BCUT2D eigenvalue weighted by molar-refractivity contribution is 5.88. The summed E-state index contributed by atoms with van der Waals surface area (Å²) in [6, 6.07) is 1.91. The second-order valence-electron chi connectivity index (χ2n) is 3.39. The Morgan fingerprint density at radius 3 is 3.06 bits per heavy atom. The summed E-state index contributed by atoms with van der Waals surface area (Å²) in [4.78, 5) is 7.24. The molecule has 0 unspecified atom stereocenters. The molecule has 0 amide bonds. The normalized spacial score (nSPS) is 11.9. The molecule has 0 aliphatic carbocycles. The van der Waals surface area contributed by atoms with Crippen molar-refractivity contribution < 1.29 is 9.84 Å². The minimum absolute atomic E-state index is 0.613. The van der Waals surface area contributed by atoms with Gasteiger partial charge in [0.05, 0.1) is 18.8 Å². The van der Waals surface area contributed by atoms with Crippen LogP contribution in [-0.2, 0) is 0 Å². The summed E-state index contributed by atoms with van der Waals surface area (Å²) in [6.07, 6.45) is 2.78. The number of aromatic amines is 1. The zero-order valence-corrected chi connectivity index (χ0v) is 9.11. The van der Waals surface area contributed by atoms with E-state index in [0.29, 0.717) is 11.4 Å². The predicted octanol–water partition coefficient (Wildman–Crippen LogP) is 1.30. The maximum Gasteiger partial charge on any atom is 0.146 e. The first-order valence-electron chi connectivity index (χ1n) is 4.92. The number of H-pyrrole nitrogens is 1. The van der Waals surface area contributed by atoms with E-state index < -0.39 is 6.10 Å². The van der Waals surface area contributed by atoms with Gasteiger partial charge in [-0.2, -0.15) is 0 Å². The van der Waals surface area contributed by atoms with E-state index in [0.717, 1.165) is 10.9 Å². The Morgan fingerprint density at radius 1 is 1.56 bits per heavy atom. The fraction of sp³-hybridized carbons (Fsp3) is 0.250. The lowest BCUT2D eigenvalue weighted by Gasteiger charge is -2.01. The number of nitrogens with zero attached hydrogens (tertiary/aromatic N) is 1. The number of nitrogens with one attached hydrogen (secondary N) is 1. The van der Waals surface area contributed by atoms with Crippen LogP contribution in [0.5, 0.6) is 5.75 Å². The van der Waals surface area contributed by atoms with E-state index in [4.69, 9.17) is 9.84 Å². The molecule has 1 atom stereocenters. The van der Waals surface area contributed by atoms with Crippen molar-refractivity contribution in [1.29, 1.82) is 0 Å². The fourth-order valence-corrected chi connectivity index (χ4v) is 1.46. The largest absolute Gasteiger partial charge is 0.494 e. The van der Waals surface area contributed by atoms with Crippen molar-refractivity contribution in [3.05, 3.63) is 24.2 Å². The van der Waals surface area contributed by atoms with E-state index in [1.807, 2.05) is 12.3 Å². The zero-order chi connectivity index (χ0) is 11.5. The zero-order valence-electron chi connectivity index (χ0n) is 9.11. The molecule has 2 aromatic rings. The summed E-state index contributed by atoms with van der Waals surface area (Å²) < 4.78 is 5.19. The highest BCUT2D eigenvalue weighted by Gasteiger charge is 2.06. The Morgan fingerprint density at radius 2 is 2.38 bits per heavy atom. The van der Waals surface area contributed by atoms with Crippen LogP contribution >= 0.6 is 0 Å². The summed E-state index contributed by atoms with van der Waals surface area (Å²) in [5.41, 5.74) is 1.44. The van der Waals surface area contributed by atoms with Gasteiger partial charge in [0.1, 0.15) is 17.5 Å². The molecule has 2 heterocycles. The third-order valence-electron chi connectivity index (χ3n) is 2.18. The number of hydrogen-bond donors (Lipinski definition) is 2. The van der Waals surface area contributed by atoms with Crippen molar-refractivity contribution in [2.75, 3.05) is 7.11 Å². The van der Waals surface area contributed by atoms with Gasteiger partial charge in [-0.25, -0.2) is 4.98 Å². The topological polar surface area (TPSA) is 58.1 Å². The van der Waals surface area contributed by atoms with Crippen LogP contribution in [0.3, 0.4) is 0 Å². The summed E-state index contributed by atoms with van der Waals surface area (Å²) in [6.45, 7) is 1.61. The van der Waals surface area contributed by atoms with Gasteiger partial charge >= 0.3 is 0 Å². The molecule has 0 spiro atoms. The molecule has 2 aromatic heterocycles. The molecule has 2 N–H and O–H groups in total.